The molecule has 6 heteroatoms. The van der Waals surface area contributed by atoms with E-state index in [4.69, 9.17) is 0 Å². The molecule has 0 spiro atoms. The Balaban J connectivity index is 1.65. The van der Waals surface area contributed by atoms with Crippen molar-refractivity contribution in [2.75, 3.05) is 19.4 Å². The lowest BCUT2D eigenvalue weighted by Gasteiger charge is -2.11. The number of carbonyl (C=O) groups is 1. The molecule has 146 valence electrons. The van der Waals surface area contributed by atoms with Gasteiger partial charge < -0.3 is 15.2 Å². The molecule has 0 fully saturated rings. The molecule has 0 aliphatic heterocycles. The van der Waals surface area contributed by atoms with E-state index in [-0.39, 0.29) is 16.7 Å². The Kier molecular flexibility index (Phi) is 4.86. The van der Waals surface area contributed by atoms with Crippen LogP contribution in [0.1, 0.15) is 15.9 Å². The van der Waals surface area contributed by atoms with Crippen molar-refractivity contribution in [3.63, 3.8) is 0 Å². The Hall–Kier alpha value is -3.51. The molecule has 4 rings (SSSR count). The number of H-pyrrole nitrogens is 1. The number of aromatic amines is 1. The summed E-state index contributed by atoms with van der Waals surface area (Å²) in [5.41, 5.74) is 3.01. The zero-order chi connectivity index (χ0) is 20.5. The monoisotopic (exact) mass is 389 g/mol. The first-order chi connectivity index (χ1) is 13.9. The van der Waals surface area contributed by atoms with Crippen molar-refractivity contribution >= 4 is 33.4 Å². The molecule has 0 bridgehead atoms. The van der Waals surface area contributed by atoms with Crippen LogP contribution >= 0.6 is 0 Å². The van der Waals surface area contributed by atoms with E-state index >= 15 is 0 Å². The molecule has 5 nitrogen and oxygen atoms in total. The number of benzene rings is 3. The van der Waals surface area contributed by atoms with Gasteiger partial charge in [0.25, 0.3) is 5.91 Å². The molecule has 0 aliphatic carbocycles. The van der Waals surface area contributed by atoms with E-state index in [1.165, 1.54) is 24.3 Å². The van der Waals surface area contributed by atoms with Crippen LogP contribution in [0.2, 0.25) is 0 Å². The minimum atomic E-state index is -0.478. The summed E-state index contributed by atoms with van der Waals surface area (Å²) in [6.45, 7) is 0.816. The number of fused-ring (bicyclic) bond motifs is 2. The zero-order valence-corrected chi connectivity index (χ0v) is 16.1. The summed E-state index contributed by atoms with van der Waals surface area (Å²) >= 11 is 0. The molecule has 29 heavy (non-hydrogen) atoms. The lowest BCUT2D eigenvalue weighted by Crippen LogP contribution is -2.14. The SMILES string of the molecule is CN(C)Cc1ccc(NC(=O)c2ccc3[nH]c4ccc(F)cc4c(=O)c3c2)cc1. The Labute approximate surface area is 166 Å². The predicted octanol–water partition coefficient (Wildman–Crippen LogP) is 4.13. The maximum absolute atomic E-state index is 13.5. The van der Waals surface area contributed by atoms with Crippen LogP contribution in [0.4, 0.5) is 10.1 Å². The van der Waals surface area contributed by atoms with E-state index in [1.54, 1.807) is 12.1 Å². The Morgan fingerprint density at radius 2 is 1.62 bits per heavy atom. The van der Waals surface area contributed by atoms with Crippen LogP contribution < -0.4 is 10.7 Å². The lowest BCUT2D eigenvalue weighted by atomic mass is 10.1. The second kappa shape index (κ2) is 7.48. The fourth-order valence-corrected chi connectivity index (χ4v) is 3.35. The van der Waals surface area contributed by atoms with Gasteiger partial charge in [0, 0.05) is 39.6 Å². The molecular weight excluding hydrogens is 369 g/mol. The van der Waals surface area contributed by atoms with Gasteiger partial charge in [0.15, 0.2) is 5.43 Å². The summed E-state index contributed by atoms with van der Waals surface area (Å²) < 4.78 is 13.5. The summed E-state index contributed by atoms with van der Waals surface area (Å²) in [6.07, 6.45) is 0. The van der Waals surface area contributed by atoms with Crippen LogP contribution in [-0.4, -0.2) is 29.9 Å². The van der Waals surface area contributed by atoms with Crippen LogP contribution in [0.5, 0.6) is 0 Å². The van der Waals surface area contributed by atoms with E-state index in [0.717, 1.165) is 12.1 Å². The molecule has 1 aromatic heterocycles. The normalized spacial score (nSPS) is 11.3. The first kappa shape index (κ1) is 18.8. The highest BCUT2D eigenvalue weighted by Gasteiger charge is 2.11. The maximum Gasteiger partial charge on any atom is 0.255 e. The summed E-state index contributed by atoms with van der Waals surface area (Å²) in [5, 5.41) is 3.44. The van der Waals surface area contributed by atoms with Crippen molar-refractivity contribution in [2.24, 2.45) is 0 Å². The van der Waals surface area contributed by atoms with Crippen molar-refractivity contribution in [2.45, 2.75) is 6.54 Å². The number of pyridine rings is 1. The third-order valence-electron chi connectivity index (χ3n) is 4.73. The molecule has 0 radical (unpaired) electrons. The lowest BCUT2D eigenvalue weighted by molar-refractivity contribution is 0.102. The number of nitrogens with one attached hydrogen (secondary N) is 2. The number of amides is 1. The van der Waals surface area contributed by atoms with Gasteiger partial charge in [-0.25, -0.2) is 4.39 Å². The predicted molar refractivity (Wildman–Crippen MR) is 114 cm³/mol. The molecule has 0 aliphatic rings. The van der Waals surface area contributed by atoms with Crippen LogP contribution in [-0.2, 0) is 6.54 Å². The minimum Gasteiger partial charge on any atom is -0.354 e. The van der Waals surface area contributed by atoms with Crippen molar-refractivity contribution in [3.8, 4) is 0 Å². The second-order valence-electron chi connectivity index (χ2n) is 7.29. The number of halogens is 1. The molecule has 0 saturated carbocycles. The molecule has 3 aromatic carbocycles. The molecule has 0 atom stereocenters. The first-order valence-corrected chi connectivity index (χ1v) is 9.21. The summed E-state index contributed by atoms with van der Waals surface area (Å²) in [7, 11) is 3.99. The highest BCUT2D eigenvalue weighted by atomic mass is 19.1. The zero-order valence-electron chi connectivity index (χ0n) is 16.1. The van der Waals surface area contributed by atoms with Crippen molar-refractivity contribution < 1.29 is 9.18 Å². The van der Waals surface area contributed by atoms with Gasteiger partial charge in [-0.2, -0.15) is 0 Å². The summed E-state index contributed by atoms with van der Waals surface area (Å²) in [5.74, 6) is -0.792. The van der Waals surface area contributed by atoms with E-state index in [9.17, 15) is 14.0 Å². The standard InChI is InChI=1S/C23H20FN3O2/c1-27(2)13-14-3-7-17(8-4-14)25-23(29)15-5-9-20-18(11-15)22(28)19-12-16(24)6-10-21(19)26-20/h3-12H,13H2,1-2H3,(H,25,29)(H,26,28). The number of anilines is 1. The average molecular weight is 389 g/mol. The fraction of sp³-hybridized carbons (Fsp3) is 0.130. The van der Waals surface area contributed by atoms with Crippen molar-refractivity contribution in [1.82, 2.24) is 9.88 Å². The number of nitrogens with zero attached hydrogens (tertiary/aromatic N) is 1. The van der Waals surface area contributed by atoms with Gasteiger partial charge in [0.05, 0.1) is 0 Å². The highest BCUT2D eigenvalue weighted by Crippen LogP contribution is 2.18. The molecule has 2 N–H and O–H groups in total. The van der Waals surface area contributed by atoms with Gasteiger partial charge in [-0.1, -0.05) is 12.1 Å². The summed E-state index contributed by atoms with van der Waals surface area (Å²) in [4.78, 5) is 30.6. The van der Waals surface area contributed by atoms with Crippen molar-refractivity contribution in [1.29, 1.82) is 0 Å². The number of carbonyl (C=O) groups excluding carboxylic acids is 1. The van der Waals surface area contributed by atoms with Gasteiger partial charge in [-0.05, 0) is 68.2 Å². The first-order valence-electron chi connectivity index (χ1n) is 9.21. The van der Waals surface area contributed by atoms with E-state index in [2.05, 4.69) is 15.2 Å². The Morgan fingerprint density at radius 1 is 0.966 bits per heavy atom. The van der Waals surface area contributed by atoms with Crippen molar-refractivity contribution in [3.05, 3.63) is 87.8 Å². The minimum absolute atomic E-state index is 0.256. The van der Waals surface area contributed by atoms with Gasteiger partial charge in [-0.3, -0.25) is 9.59 Å². The topological polar surface area (TPSA) is 65.2 Å². The molecule has 0 unspecified atom stereocenters. The van der Waals surface area contributed by atoms with E-state index in [1.807, 2.05) is 38.4 Å². The molecular formula is C23H20FN3O2. The third kappa shape index (κ3) is 3.88. The fourth-order valence-electron chi connectivity index (χ4n) is 3.35. The molecule has 1 heterocycles. The van der Waals surface area contributed by atoms with Crippen LogP contribution in [0.15, 0.2) is 65.5 Å². The largest absolute Gasteiger partial charge is 0.354 e. The summed E-state index contributed by atoms with van der Waals surface area (Å²) in [6, 6.07) is 16.5. The van der Waals surface area contributed by atoms with Gasteiger partial charge in [0.2, 0.25) is 0 Å². The molecule has 1 amide bonds. The third-order valence-corrected chi connectivity index (χ3v) is 4.73. The van der Waals surface area contributed by atoms with Crippen LogP contribution in [0.3, 0.4) is 0 Å². The van der Waals surface area contributed by atoms with Gasteiger partial charge in [0.1, 0.15) is 5.82 Å². The Morgan fingerprint density at radius 3 is 2.31 bits per heavy atom. The van der Waals surface area contributed by atoms with E-state index < -0.39 is 5.82 Å². The van der Waals surface area contributed by atoms with Crippen LogP contribution in [0.25, 0.3) is 21.8 Å². The Bertz CT molecular complexity index is 1280. The average Bonchev–Trinajstić information content (AvgIpc) is 2.69. The van der Waals surface area contributed by atoms with Gasteiger partial charge in [-0.15, -0.1) is 0 Å². The number of rotatable bonds is 4. The number of hydrogen-bond acceptors (Lipinski definition) is 3. The number of hydrogen-bond donors (Lipinski definition) is 2. The van der Waals surface area contributed by atoms with Crippen LogP contribution in [0, 0.1) is 5.82 Å². The van der Waals surface area contributed by atoms with E-state index in [0.29, 0.717) is 27.7 Å². The highest BCUT2D eigenvalue weighted by molar-refractivity contribution is 6.06. The second-order valence-corrected chi connectivity index (χ2v) is 7.29. The number of aromatic nitrogens is 1. The van der Waals surface area contributed by atoms with Gasteiger partial charge >= 0.3 is 0 Å². The maximum atomic E-state index is 13.5. The smallest absolute Gasteiger partial charge is 0.255 e. The molecule has 4 aromatic rings. The quantitative estimate of drug-likeness (QED) is 0.516. The molecule has 0 saturated heterocycles.